The molecule has 2 unspecified atom stereocenters. The number of alkyl halides is 3. The highest BCUT2D eigenvalue weighted by molar-refractivity contribution is 6.30. The molecule has 0 bridgehead atoms. The molecule has 1 fully saturated rings. The van der Waals surface area contributed by atoms with Gasteiger partial charge in [0.15, 0.2) is 0 Å². The first-order valence-corrected chi connectivity index (χ1v) is 8.25. The molecule has 1 aromatic heterocycles. The van der Waals surface area contributed by atoms with Crippen LogP contribution < -0.4 is 0 Å². The fourth-order valence-corrected chi connectivity index (χ4v) is 2.70. The molecule has 1 aromatic carbocycles. The van der Waals surface area contributed by atoms with Gasteiger partial charge < -0.3 is 14.2 Å². The van der Waals surface area contributed by atoms with Crippen LogP contribution in [-0.2, 0) is 26.4 Å². The Balaban J connectivity index is 1.75. The molecule has 2 aromatic rings. The van der Waals surface area contributed by atoms with Crippen LogP contribution in [0, 0.1) is 0 Å². The van der Waals surface area contributed by atoms with Gasteiger partial charge in [-0.3, -0.25) is 5.10 Å². The van der Waals surface area contributed by atoms with E-state index in [-0.39, 0.29) is 13.0 Å². The molecule has 2 heterocycles. The van der Waals surface area contributed by atoms with Crippen molar-refractivity contribution in [2.45, 2.75) is 24.5 Å². The molecule has 6 nitrogen and oxygen atoms in total. The second-order valence-corrected chi connectivity index (χ2v) is 6.25. The molecule has 0 amide bonds. The van der Waals surface area contributed by atoms with Crippen LogP contribution in [0.3, 0.4) is 0 Å². The average molecular weight is 426 g/mol. The fraction of sp³-hybridized carbons (Fsp3) is 0.375. The Morgan fingerprint density at radius 2 is 2.00 bits per heavy atom. The van der Waals surface area contributed by atoms with Crippen molar-refractivity contribution >= 4 is 11.6 Å². The summed E-state index contributed by atoms with van der Waals surface area (Å²) in [7, 11) is 0. The van der Waals surface area contributed by atoms with Crippen LogP contribution in [0.4, 0.5) is 22.0 Å². The third kappa shape index (κ3) is 4.59. The van der Waals surface area contributed by atoms with E-state index in [1.54, 1.807) is 24.3 Å². The number of rotatable bonds is 6. The average Bonchev–Trinajstić information content (AvgIpc) is 3.30. The second-order valence-electron chi connectivity index (χ2n) is 5.82. The summed E-state index contributed by atoms with van der Waals surface area (Å²) in [6.07, 6.45) is -5.09. The molecule has 28 heavy (non-hydrogen) atoms. The van der Waals surface area contributed by atoms with E-state index in [1.807, 2.05) is 0 Å². The van der Waals surface area contributed by atoms with Crippen molar-refractivity contribution in [2.75, 3.05) is 13.2 Å². The van der Waals surface area contributed by atoms with Crippen molar-refractivity contribution in [1.82, 2.24) is 15.2 Å². The number of hydrogen-bond donors (Lipinski definition) is 1. The summed E-state index contributed by atoms with van der Waals surface area (Å²) >= 11 is 5.88. The predicted molar refractivity (Wildman–Crippen MR) is 85.3 cm³/mol. The first-order chi connectivity index (χ1) is 13.2. The summed E-state index contributed by atoms with van der Waals surface area (Å²) in [6, 6.07) is 4.08. The molecule has 0 spiro atoms. The number of aromatic nitrogens is 3. The minimum atomic E-state index is -5.48. The Kier molecular flexibility index (Phi) is 5.87. The second kappa shape index (κ2) is 8.02. The van der Waals surface area contributed by atoms with E-state index in [0.29, 0.717) is 16.4 Å². The van der Waals surface area contributed by atoms with Gasteiger partial charge in [0.25, 0.3) is 5.83 Å². The molecular formula is C16H13ClF5N3O3. The number of allylic oxidation sites excluding steroid dienone is 1. The lowest BCUT2D eigenvalue weighted by atomic mass is 10.0. The molecular weight excluding hydrogens is 413 g/mol. The molecule has 152 valence electrons. The molecule has 1 saturated heterocycles. The lowest BCUT2D eigenvalue weighted by Gasteiger charge is -2.27. The van der Waals surface area contributed by atoms with Crippen LogP contribution in [0.15, 0.2) is 42.4 Å². The number of halogens is 6. The van der Waals surface area contributed by atoms with Gasteiger partial charge in [0, 0.05) is 10.6 Å². The highest BCUT2D eigenvalue weighted by Gasteiger charge is 2.45. The summed E-state index contributed by atoms with van der Waals surface area (Å²) in [6.45, 7) is -0.835. The molecule has 0 saturated carbocycles. The Morgan fingerprint density at radius 1 is 1.29 bits per heavy atom. The Morgan fingerprint density at radius 3 is 2.61 bits per heavy atom. The van der Waals surface area contributed by atoms with Gasteiger partial charge >= 0.3 is 12.2 Å². The van der Waals surface area contributed by atoms with Gasteiger partial charge in [0.1, 0.15) is 24.9 Å². The maximum Gasteiger partial charge on any atom is 0.449 e. The lowest BCUT2D eigenvalue weighted by molar-refractivity contribution is -0.182. The fourth-order valence-electron chi connectivity index (χ4n) is 2.57. The van der Waals surface area contributed by atoms with Gasteiger partial charge in [-0.2, -0.15) is 27.1 Å². The zero-order valence-electron chi connectivity index (χ0n) is 14.0. The van der Waals surface area contributed by atoms with E-state index in [4.69, 9.17) is 21.1 Å². The minimum absolute atomic E-state index is 0.0698. The smallest absolute Gasteiger partial charge is 0.449 e. The minimum Gasteiger partial charge on any atom is -0.466 e. The number of aromatic amines is 1. The zero-order chi connectivity index (χ0) is 20.4. The Labute approximate surface area is 160 Å². The molecule has 0 aliphatic carbocycles. The van der Waals surface area contributed by atoms with Gasteiger partial charge in [0.05, 0.1) is 13.0 Å². The largest absolute Gasteiger partial charge is 0.466 e. The quantitative estimate of drug-likeness (QED) is 0.560. The number of nitrogens with zero attached hydrogens (tertiary/aromatic N) is 2. The molecule has 2 atom stereocenters. The van der Waals surface area contributed by atoms with E-state index in [1.165, 1.54) is 6.33 Å². The summed E-state index contributed by atoms with van der Waals surface area (Å²) in [5.41, 5.74) is 0.535. The number of hydrogen-bond acceptors (Lipinski definition) is 5. The van der Waals surface area contributed by atoms with Crippen LogP contribution in [0.5, 0.6) is 0 Å². The molecule has 12 heteroatoms. The summed E-state index contributed by atoms with van der Waals surface area (Å²) in [5.74, 6) is -3.93. The maximum atomic E-state index is 13.2. The van der Waals surface area contributed by atoms with Crippen molar-refractivity contribution < 1.29 is 36.2 Å². The van der Waals surface area contributed by atoms with Crippen LogP contribution >= 0.6 is 11.6 Å². The summed E-state index contributed by atoms with van der Waals surface area (Å²) in [5, 5.41) is 6.84. The highest BCUT2D eigenvalue weighted by Crippen LogP contribution is 2.38. The van der Waals surface area contributed by atoms with Crippen molar-refractivity contribution in [1.29, 1.82) is 0 Å². The first-order valence-electron chi connectivity index (χ1n) is 7.87. The van der Waals surface area contributed by atoms with E-state index in [0.717, 1.165) is 0 Å². The molecule has 3 rings (SSSR count). The summed E-state index contributed by atoms with van der Waals surface area (Å²) < 4.78 is 78.3. The number of ether oxygens (including phenoxy) is 3. The van der Waals surface area contributed by atoms with E-state index < -0.39 is 36.5 Å². The molecule has 1 N–H and O–H groups in total. The normalized spacial score (nSPS) is 23.6. The number of nitrogens with one attached hydrogen (secondary N) is 1. The van der Waals surface area contributed by atoms with Crippen molar-refractivity contribution in [2.24, 2.45) is 0 Å². The molecule has 1 aliphatic heterocycles. The predicted octanol–water partition coefficient (Wildman–Crippen LogP) is 3.96. The van der Waals surface area contributed by atoms with Crippen LogP contribution in [0.2, 0.25) is 5.02 Å². The first kappa shape index (κ1) is 20.5. The molecule has 1 aliphatic rings. The van der Waals surface area contributed by atoms with Crippen LogP contribution in [-0.4, -0.2) is 40.7 Å². The standard InChI is InChI=1S/C16H13ClF5N3O3/c17-10-3-1-9(2-4-10)15(5-12-23-8-24-25-12)27-7-11(28-15)6-26-14(19)13(18)16(20,21)22/h1-4,8,11H,5-7H2,(H,23,24,25). The SMILES string of the molecule is FC(OCC1COC(Cc2ncn[nH]2)(c2ccc(Cl)cc2)O1)=C(F)C(F)(F)F. The monoisotopic (exact) mass is 425 g/mol. The third-order valence-corrected chi connectivity index (χ3v) is 4.08. The van der Waals surface area contributed by atoms with Crippen molar-refractivity contribution in [3.05, 3.63) is 58.8 Å². The van der Waals surface area contributed by atoms with Crippen molar-refractivity contribution in [3.8, 4) is 0 Å². The number of benzene rings is 1. The Hall–Kier alpha value is -2.24. The van der Waals surface area contributed by atoms with Gasteiger partial charge in [-0.1, -0.05) is 23.7 Å². The van der Waals surface area contributed by atoms with Crippen LogP contribution in [0.1, 0.15) is 11.4 Å². The summed E-state index contributed by atoms with van der Waals surface area (Å²) in [4.78, 5) is 3.99. The highest BCUT2D eigenvalue weighted by atomic mass is 35.5. The van der Waals surface area contributed by atoms with Gasteiger partial charge in [-0.25, -0.2) is 4.98 Å². The zero-order valence-corrected chi connectivity index (χ0v) is 14.7. The van der Waals surface area contributed by atoms with Crippen molar-refractivity contribution in [3.63, 3.8) is 0 Å². The molecule has 0 radical (unpaired) electrons. The van der Waals surface area contributed by atoms with E-state index in [9.17, 15) is 22.0 Å². The Bertz CT molecular complexity index is 829. The topological polar surface area (TPSA) is 69.3 Å². The van der Waals surface area contributed by atoms with E-state index >= 15 is 0 Å². The lowest BCUT2D eigenvalue weighted by Crippen LogP contribution is -2.32. The number of H-pyrrole nitrogens is 1. The van der Waals surface area contributed by atoms with E-state index in [2.05, 4.69) is 19.9 Å². The van der Waals surface area contributed by atoms with Gasteiger partial charge in [-0.15, -0.1) is 0 Å². The van der Waals surface area contributed by atoms with Gasteiger partial charge in [0.2, 0.25) is 5.79 Å². The van der Waals surface area contributed by atoms with Crippen LogP contribution in [0.25, 0.3) is 0 Å². The third-order valence-electron chi connectivity index (χ3n) is 3.83. The maximum absolute atomic E-state index is 13.2. The van der Waals surface area contributed by atoms with Gasteiger partial charge in [-0.05, 0) is 12.1 Å².